The molecule has 3 aromatic rings. The normalized spacial score (nSPS) is 16.9. The van der Waals surface area contributed by atoms with Crippen LogP contribution in [0.5, 0.6) is 5.75 Å². The Bertz CT molecular complexity index is 1180. The Balaban J connectivity index is 0.00000141. The quantitative estimate of drug-likeness (QED) is 0.363. The fourth-order valence-corrected chi connectivity index (χ4v) is 5.47. The number of benzene rings is 2. The molecule has 32 heavy (non-hydrogen) atoms. The molecule has 5 N–H and O–H groups in total. The summed E-state index contributed by atoms with van der Waals surface area (Å²) in [5.41, 5.74) is 11.0. The summed E-state index contributed by atoms with van der Waals surface area (Å²) in [6.07, 6.45) is 0.0173. The number of sulfonamides is 1. The molecule has 0 saturated carbocycles. The van der Waals surface area contributed by atoms with E-state index >= 15 is 0 Å². The molecule has 2 aromatic carbocycles. The van der Waals surface area contributed by atoms with Gasteiger partial charge in [0.15, 0.2) is 6.29 Å². The van der Waals surface area contributed by atoms with E-state index in [2.05, 4.69) is 10.7 Å². The first-order chi connectivity index (χ1) is 15.4. The number of nitrogens with one attached hydrogen (secondary N) is 1. The van der Waals surface area contributed by atoms with Crippen LogP contribution < -0.4 is 16.2 Å². The minimum absolute atomic E-state index is 0.0671. The third-order valence-corrected chi connectivity index (χ3v) is 7.06. The molecule has 172 valence electrons. The molecule has 1 atom stereocenters. The highest BCUT2D eigenvalue weighted by atomic mass is 35.5. The zero-order chi connectivity index (χ0) is 23.3. The van der Waals surface area contributed by atoms with Crippen LogP contribution in [0.15, 0.2) is 47.4 Å². The number of aromatic amines is 1. The van der Waals surface area contributed by atoms with Gasteiger partial charge in [-0.2, -0.15) is 4.31 Å². The van der Waals surface area contributed by atoms with Gasteiger partial charge in [-0.1, -0.05) is 29.8 Å². The number of carbonyl (C=O) groups excluding carboxylic acids is 1. The van der Waals surface area contributed by atoms with Gasteiger partial charge in [-0.15, -0.1) is 0 Å². The first-order valence-corrected chi connectivity index (χ1v) is 11.6. The van der Waals surface area contributed by atoms with Crippen LogP contribution in [0.2, 0.25) is 5.02 Å². The van der Waals surface area contributed by atoms with E-state index < -0.39 is 16.1 Å². The van der Waals surface area contributed by atoms with Crippen molar-refractivity contribution in [2.75, 3.05) is 39.1 Å². The van der Waals surface area contributed by atoms with Gasteiger partial charge >= 0.3 is 0 Å². The standard InChI is InChI=1S/C20H20ClN3O5S.CH5N/c21-13-8-16-19(17(22)9-13)23-18(11-25)20(16)30(26,27)24-6-7-28-15(10-24)12-29-14-4-2-1-3-5-14;1-2/h1-5,8-9,11,15,23H,6-7,10,12,22H2;2H2,1H3/t15-;/m0./s1. The zero-order valence-electron chi connectivity index (χ0n) is 17.5. The number of para-hydroxylation sites is 1. The first kappa shape index (κ1) is 24.0. The van der Waals surface area contributed by atoms with Gasteiger partial charge in [0.2, 0.25) is 10.0 Å². The maximum atomic E-state index is 13.5. The van der Waals surface area contributed by atoms with Crippen LogP contribution in [0.25, 0.3) is 10.9 Å². The second-order valence-electron chi connectivity index (χ2n) is 6.88. The summed E-state index contributed by atoms with van der Waals surface area (Å²) < 4.78 is 39.6. The molecular weight excluding hydrogens is 456 g/mol. The monoisotopic (exact) mass is 480 g/mol. The summed E-state index contributed by atoms with van der Waals surface area (Å²) in [7, 11) is -2.52. The molecule has 0 aliphatic carbocycles. The molecule has 4 rings (SSSR count). The topological polar surface area (TPSA) is 141 Å². The second kappa shape index (κ2) is 10.3. The lowest BCUT2D eigenvalue weighted by molar-refractivity contribution is -0.0249. The van der Waals surface area contributed by atoms with Crippen LogP contribution in [-0.2, 0) is 14.8 Å². The summed E-state index contributed by atoms with van der Waals surface area (Å²) >= 11 is 6.08. The van der Waals surface area contributed by atoms with E-state index in [1.807, 2.05) is 30.3 Å². The number of hydrogen-bond acceptors (Lipinski definition) is 7. The predicted octanol–water partition coefficient (Wildman–Crippen LogP) is 2.26. The number of aromatic nitrogens is 1. The highest BCUT2D eigenvalue weighted by Crippen LogP contribution is 2.34. The van der Waals surface area contributed by atoms with E-state index in [0.29, 0.717) is 17.6 Å². The molecule has 0 radical (unpaired) electrons. The third-order valence-electron chi connectivity index (χ3n) is 4.88. The Morgan fingerprint density at radius 1 is 1.28 bits per heavy atom. The molecule has 0 amide bonds. The van der Waals surface area contributed by atoms with Gasteiger partial charge in [-0.3, -0.25) is 4.79 Å². The fraction of sp³-hybridized carbons (Fsp3) is 0.286. The van der Waals surface area contributed by atoms with Gasteiger partial charge in [0.1, 0.15) is 23.4 Å². The number of anilines is 1. The van der Waals surface area contributed by atoms with Crippen LogP contribution >= 0.6 is 11.6 Å². The Morgan fingerprint density at radius 2 is 2.00 bits per heavy atom. The number of hydrogen-bond donors (Lipinski definition) is 3. The number of morpholine rings is 1. The van der Waals surface area contributed by atoms with Gasteiger partial charge in [0, 0.05) is 23.5 Å². The summed E-state index contributed by atoms with van der Waals surface area (Å²) in [5, 5.41) is 0.565. The second-order valence-corrected chi connectivity index (χ2v) is 9.19. The summed E-state index contributed by atoms with van der Waals surface area (Å²) in [6.45, 7) is 0.661. The zero-order valence-corrected chi connectivity index (χ0v) is 19.0. The third kappa shape index (κ3) is 4.89. The lowest BCUT2D eigenvalue weighted by Crippen LogP contribution is -2.47. The number of H-pyrrole nitrogens is 1. The molecule has 0 unspecified atom stereocenters. The summed E-state index contributed by atoms with van der Waals surface area (Å²) in [5.74, 6) is 0.672. The van der Waals surface area contributed by atoms with E-state index in [1.165, 1.54) is 23.5 Å². The number of ether oxygens (including phenoxy) is 2. The van der Waals surface area contributed by atoms with Gasteiger partial charge in [-0.25, -0.2) is 8.42 Å². The number of aldehydes is 1. The summed E-state index contributed by atoms with van der Waals surface area (Å²) in [4.78, 5) is 14.3. The summed E-state index contributed by atoms with van der Waals surface area (Å²) in [6, 6.07) is 12.2. The molecule has 0 spiro atoms. The Labute approximate surface area is 191 Å². The average Bonchev–Trinajstić information content (AvgIpc) is 3.19. The Kier molecular flexibility index (Phi) is 7.75. The smallest absolute Gasteiger partial charge is 0.246 e. The molecule has 1 aromatic heterocycles. The van der Waals surface area contributed by atoms with Crippen molar-refractivity contribution < 1.29 is 22.7 Å². The van der Waals surface area contributed by atoms with E-state index in [-0.39, 0.29) is 53.0 Å². The number of carbonyl (C=O) groups is 1. The van der Waals surface area contributed by atoms with Crippen molar-refractivity contribution in [2.24, 2.45) is 5.73 Å². The predicted molar refractivity (Wildman–Crippen MR) is 124 cm³/mol. The Hall–Kier alpha value is -2.63. The lowest BCUT2D eigenvalue weighted by atomic mass is 10.2. The average molecular weight is 481 g/mol. The Morgan fingerprint density at radius 3 is 2.69 bits per heavy atom. The largest absolute Gasteiger partial charge is 0.491 e. The van der Waals surface area contributed by atoms with Gasteiger partial charge in [-0.05, 0) is 31.3 Å². The number of nitrogens with two attached hydrogens (primary N) is 2. The maximum Gasteiger partial charge on any atom is 0.246 e. The van der Waals surface area contributed by atoms with Gasteiger partial charge in [0.25, 0.3) is 0 Å². The molecule has 1 saturated heterocycles. The highest BCUT2D eigenvalue weighted by molar-refractivity contribution is 7.89. The molecule has 9 nitrogen and oxygen atoms in total. The van der Waals surface area contributed by atoms with Crippen molar-refractivity contribution in [1.82, 2.24) is 9.29 Å². The van der Waals surface area contributed by atoms with Crippen LogP contribution in [0.3, 0.4) is 0 Å². The van der Waals surface area contributed by atoms with E-state index in [9.17, 15) is 13.2 Å². The van der Waals surface area contributed by atoms with E-state index in [1.54, 1.807) is 0 Å². The van der Waals surface area contributed by atoms with Crippen molar-refractivity contribution in [1.29, 1.82) is 0 Å². The molecule has 2 heterocycles. The van der Waals surface area contributed by atoms with Crippen molar-refractivity contribution in [3.63, 3.8) is 0 Å². The van der Waals surface area contributed by atoms with Crippen LogP contribution in [-0.4, -0.2) is 63.4 Å². The highest BCUT2D eigenvalue weighted by Gasteiger charge is 2.35. The number of rotatable bonds is 6. The molecule has 1 fully saturated rings. The number of fused-ring (bicyclic) bond motifs is 1. The fourth-order valence-electron chi connectivity index (χ4n) is 3.49. The van der Waals surface area contributed by atoms with Gasteiger partial charge in [0.05, 0.1) is 23.5 Å². The minimum Gasteiger partial charge on any atom is -0.491 e. The van der Waals surface area contributed by atoms with E-state index in [0.717, 1.165) is 0 Å². The maximum absolute atomic E-state index is 13.5. The van der Waals surface area contributed by atoms with Crippen LogP contribution in [0.1, 0.15) is 10.5 Å². The molecule has 11 heteroatoms. The van der Waals surface area contributed by atoms with E-state index in [4.69, 9.17) is 26.8 Å². The number of nitrogens with zero attached hydrogens (tertiary/aromatic N) is 1. The molecule has 1 aliphatic heterocycles. The van der Waals surface area contributed by atoms with Crippen molar-refractivity contribution in [2.45, 2.75) is 11.0 Å². The lowest BCUT2D eigenvalue weighted by Gasteiger charge is -2.32. The van der Waals surface area contributed by atoms with Crippen molar-refractivity contribution in [3.8, 4) is 5.75 Å². The number of nitrogen functional groups attached to an aromatic ring is 1. The first-order valence-electron chi connectivity index (χ1n) is 9.83. The number of halogens is 1. The molecule has 0 bridgehead atoms. The minimum atomic E-state index is -4.02. The van der Waals surface area contributed by atoms with Gasteiger partial charge < -0.3 is 25.9 Å². The molecule has 1 aliphatic rings. The van der Waals surface area contributed by atoms with Crippen molar-refractivity contribution in [3.05, 3.63) is 53.2 Å². The SMILES string of the molecule is CN.Nc1cc(Cl)cc2c(S(=O)(=O)N3CCO[C@H](COc4ccccc4)C3)c(C=O)[nH]c12. The van der Waals surface area contributed by atoms with Crippen LogP contribution in [0, 0.1) is 0 Å². The molecular formula is C21H25ClN4O5S. The van der Waals surface area contributed by atoms with Crippen LogP contribution in [0.4, 0.5) is 5.69 Å². The van der Waals surface area contributed by atoms with Crippen molar-refractivity contribution >= 4 is 44.5 Å².